The zero-order valence-corrected chi connectivity index (χ0v) is 17.1. The molecule has 0 aliphatic heterocycles. The molecule has 0 radical (unpaired) electrons. The molecule has 2 aromatic carbocycles. The molecule has 2 aromatic rings. The molecule has 0 saturated heterocycles. The van der Waals surface area contributed by atoms with Crippen LogP contribution >= 0.6 is 11.6 Å². The molecule has 2 rings (SSSR count). The maximum Gasteiger partial charge on any atom is 0.310 e. The van der Waals surface area contributed by atoms with Gasteiger partial charge in [0, 0.05) is 10.7 Å². The van der Waals surface area contributed by atoms with Crippen molar-refractivity contribution >= 4 is 29.2 Å². The van der Waals surface area contributed by atoms with Crippen molar-refractivity contribution < 1.29 is 19.1 Å². The number of hydrogen-bond acceptors (Lipinski definition) is 4. The Hall–Kier alpha value is -2.53. The standard InChI is InChI=1S/C22H26ClNO4/c1-3-5-6-13-28-20-12-9-17(23)15-19(20)22(26)24-18-10-7-16(8-11-18)14-21(25)27-4-2/h7-12,15H,3-6,13-14H2,1-2H3,(H,24,26). The molecule has 0 aliphatic rings. The van der Waals surface area contributed by atoms with Crippen LogP contribution in [0.3, 0.4) is 0 Å². The Morgan fingerprint density at radius 2 is 1.79 bits per heavy atom. The smallest absolute Gasteiger partial charge is 0.310 e. The van der Waals surface area contributed by atoms with Crippen LogP contribution in [0.15, 0.2) is 42.5 Å². The van der Waals surface area contributed by atoms with E-state index < -0.39 is 0 Å². The molecule has 0 bridgehead atoms. The lowest BCUT2D eigenvalue weighted by Gasteiger charge is -2.12. The van der Waals surface area contributed by atoms with E-state index in [1.165, 1.54) is 0 Å². The number of benzene rings is 2. The molecule has 0 unspecified atom stereocenters. The Morgan fingerprint density at radius 1 is 1.04 bits per heavy atom. The van der Waals surface area contributed by atoms with Gasteiger partial charge in [-0.05, 0) is 49.2 Å². The largest absolute Gasteiger partial charge is 0.493 e. The molecule has 0 aliphatic carbocycles. The van der Waals surface area contributed by atoms with E-state index in [9.17, 15) is 9.59 Å². The van der Waals surface area contributed by atoms with Gasteiger partial charge < -0.3 is 14.8 Å². The number of unbranched alkanes of at least 4 members (excludes halogenated alkanes) is 2. The Morgan fingerprint density at radius 3 is 2.46 bits per heavy atom. The first-order valence-corrected chi connectivity index (χ1v) is 9.89. The van der Waals surface area contributed by atoms with E-state index in [1.54, 1.807) is 49.4 Å². The molecular formula is C22H26ClNO4. The van der Waals surface area contributed by atoms with Crippen molar-refractivity contribution in [1.29, 1.82) is 0 Å². The molecule has 5 nitrogen and oxygen atoms in total. The van der Waals surface area contributed by atoms with E-state index >= 15 is 0 Å². The summed E-state index contributed by atoms with van der Waals surface area (Å²) in [6.07, 6.45) is 3.31. The monoisotopic (exact) mass is 403 g/mol. The van der Waals surface area contributed by atoms with Crippen molar-refractivity contribution in [3.8, 4) is 5.75 Å². The minimum atomic E-state index is -0.300. The topological polar surface area (TPSA) is 64.6 Å². The Kier molecular flexibility index (Phi) is 8.82. The molecule has 0 atom stereocenters. The lowest BCUT2D eigenvalue weighted by Crippen LogP contribution is -2.14. The molecule has 0 heterocycles. The van der Waals surface area contributed by atoms with Crippen LogP contribution in [-0.4, -0.2) is 25.1 Å². The van der Waals surface area contributed by atoms with E-state index in [1.807, 2.05) is 0 Å². The lowest BCUT2D eigenvalue weighted by atomic mass is 10.1. The van der Waals surface area contributed by atoms with E-state index in [-0.39, 0.29) is 18.3 Å². The number of carbonyl (C=O) groups is 2. The van der Waals surface area contributed by atoms with Gasteiger partial charge in [-0.1, -0.05) is 43.5 Å². The normalized spacial score (nSPS) is 10.4. The fourth-order valence-electron chi connectivity index (χ4n) is 2.62. The number of nitrogens with one attached hydrogen (secondary N) is 1. The van der Waals surface area contributed by atoms with E-state index in [2.05, 4.69) is 12.2 Å². The average Bonchev–Trinajstić information content (AvgIpc) is 2.68. The highest BCUT2D eigenvalue weighted by Gasteiger charge is 2.14. The van der Waals surface area contributed by atoms with Crippen LogP contribution in [0.5, 0.6) is 5.75 Å². The van der Waals surface area contributed by atoms with Crippen LogP contribution in [0.25, 0.3) is 0 Å². The van der Waals surface area contributed by atoms with Crippen LogP contribution in [-0.2, 0) is 16.0 Å². The number of hydrogen-bond donors (Lipinski definition) is 1. The average molecular weight is 404 g/mol. The van der Waals surface area contributed by atoms with Gasteiger partial charge >= 0.3 is 5.97 Å². The maximum atomic E-state index is 12.7. The fourth-order valence-corrected chi connectivity index (χ4v) is 2.79. The predicted molar refractivity (Wildman–Crippen MR) is 111 cm³/mol. The zero-order chi connectivity index (χ0) is 20.4. The number of esters is 1. The summed E-state index contributed by atoms with van der Waals surface area (Å²) >= 11 is 6.06. The van der Waals surface area contributed by atoms with Crippen molar-refractivity contribution in [3.05, 3.63) is 58.6 Å². The Labute approximate surface area is 171 Å². The summed E-state index contributed by atoms with van der Waals surface area (Å²) < 4.78 is 10.7. The molecule has 150 valence electrons. The number of amides is 1. The van der Waals surface area contributed by atoms with Gasteiger partial charge in [-0.3, -0.25) is 9.59 Å². The molecule has 0 aromatic heterocycles. The van der Waals surface area contributed by atoms with E-state index in [4.69, 9.17) is 21.1 Å². The summed E-state index contributed by atoms with van der Waals surface area (Å²) in [5, 5.41) is 3.31. The van der Waals surface area contributed by atoms with Gasteiger partial charge in [0.15, 0.2) is 0 Å². The third-order valence-electron chi connectivity index (χ3n) is 4.06. The number of ether oxygens (including phenoxy) is 2. The lowest BCUT2D eigenvalue weighted by molar-refractivity contribution is -0.142. The van der Waals surface area contributed by atoms with Gasteiger partial charge in [0.2, 0.25) is 0 Å². The summed E-state index contributed by atoms with van der Waals surface area (Å²) in [5.74, 6) is -0.0638. The van der Waals surface area contributed by atoms with E-state index in [0.717, 1.165) is 24.8 Å². The van der Waals surface area contributed by atoms with Crippen LogP contribution < -0.4 is 10.1 Å². The summed E-state index contributed by atoms with van der Waals surface area (Å²) in [6.45, 7) is 4.81. The molecule has 1 amide bonds. The number of carbonyl (C=O) groups excluding carboxylic acids is 2. The third-order valence-corrected chi connectivity index (χ3v) is 4.29. The first-order valence-electron chi connectivity index (χ1n) is 9.51. The minimum absolute atomic E-state index is 0.201. The summed E-state index contributed by atoms with van der Waals surface area (Å²) in [4.78, 5) is 24.2. The molecule has 0 spiro atoms. The van der Waals surface area contributed by atoms with Crippen molar-refractivity contribution in [2.24, 2.45) is 0 Å². The second-order valence-electron chi connectivity index (χ2n) is 6.33. The van der Waals surface area contributed by atoms with Crippen LogP contribution in [0.2, 0.25) is 5.02 Å². The van der Waals surface area contributed by atoms with Crippen molar-refractivity contribution in [2.75, 3.05) is 18.5 Å². The molecule has 6 heteroatoms. The Balaban J connectivity index is 2.03. The summed E-state index contributed by atoms with van der Waals surface area (Å²) in [5.41, 5.74) is 1.83. The van der Waals surface area contributed by atoms with Gasteiger partial charge in [0.25, 0.3) is 5.91 Å². The third kappa shape index (κ3) is 6.89. The minimum Gasteiger partial charge on any atom is -0.493 e. The van der Waals surface area contributed by atoms with Gasteiger partial charge in [0.05, 0.1) is 25.2 Å². The zero-order valence-electron chi connectivity index (χ0n) is 16.3. The fraction of sp³-hybridized carbons (Fsp3) is 0.364. The van der Waals surface area contributed by atoms with Gasteiger partial charge in [-0.2, -0.15) is 0 Å². The van der Waals surface area contributed by atoms with E-state index in [0.29, 0.717) is 35.2 Å². The maximum absolute atomic E-state index is 12.7. The molecule has 28 heavy (non-hydrogen) atoms. The van der Waals surface area contributed by atoms with Crippen LogP contribution in [0.1, 0.15) is 49.0 Å². The highest BCUT2D eigenvalue weighted by Crippen LogP contribution is 2.24. The first kappa shape index (κ1) is 21.8. The second-order valence-corrected chi connectivity index (χ2v) is 6.77. The van der Waals surface area contributed by atoms with Gasteiger partial charge in [-0.15, -0.1) is 0 Å². The number of rotatable bonds is 10. The Bertz CT molecular complexity index is 790. The SMILES string of the molecule is CCCCCOc1ccc(Cl)cc1C(=O)Nc1ccc(CC(=O)OCC)cc1. The first-order chi connectivity index (χ1) is 13.5. The van der Waals surface area contributed by atoms with Crippen molar-refractivity contribution in [1.82, 2.24) is 0 Å². The molecule has 0 fully saturated rings. The molecule has 1 N–H and O–H groups in total. The van der Waals surface area contributed by atoms with Crippen molar-refractivity contribution in [2.45, 2.75) is 39.5 Å². The second kappa shape index (κ2) is 11.3. The quantitative estimate of drug-likeness (QED) is 0.433. The number of anilines is 1. The highest BCUT2D eigenvalue weighted by atomic mass is 35.5. The predicted octanol–water partition coefficient (Wildman–Crippen LogP) is 5.27. The number of halogens is 1. The summed E-state index contributed by atoms with van der Waals surface area (Å²) in [7, 11) is 0. The molecule has 0 saturated carbocycles. The van der Waals surface area contributed by atoms with Crippen LogP contribution in [0.4, 0.5) is 5.69 Å². The molecular weight excluding hydrogens is 378 g/mol. The van der Waals surface area contributed by atoms with Crippen molar-refractivity contribution in [3.63, 3.8) is 0 Å². The van der Waals surface area contributed by atoms with Crippen LogP contribution in [0, 0.1) is 0 Å². The highest BCUT2D eigenvalue weighted by molar-refractivity contribution is 6.31. The van der Waals surface area contributed by atoms with Gasteiger partial charge in [-0.25, -0.2) is 0 Å². The van der Waals surface area contributed by atoms with Gasteiger partial charge in [0.1, 0.15) is 5.75 Å². The summed E-state index contributed by atoms with van der Waals surface area (Å²) in [6, 6.07) is 12.1.